The monoisotopic (exact) mass is 202 g/mol. The van der Waals surface area contributed by atoms with Gasteiger partial charge >= 0.3 is 0 Å². The van der Waals surface area contributed by atoms with Crippen molar-refractivity contribution < 1.29 is 0 Å². The highest BCUT2D eigenvalue weighted by Crippen LogP contribution is 2.18. The summed E-state index contributed by atoms with van der Waals surface area (Å²) in [4.78, 5) is 2.29. The van der Waals surface area contributed by atoms with Gasteiger partial charge in [0, 0.05) is 6.54 Å². The van der Waals surface area contributed by atoms with Crippen molar-refractivity contribution in [1.29, 1.82) is 0 Å². The number of hydrogen-bond donors (Lipinski definition) is 2. The van der Waals surface area contributed by atoms with Crippen LogP contribution in [0.15, 0.2) is 35.4 Å². The first-order valence-corrected chi connectivity index (χ1v) is 5.26. The van der Waals surface area contributed by atoms with Crippen molar-refractivity contribution in [2.24, 2.45) is 5.10 Å². The Balaban J connectivity index is 1.77. The lowest BCUT2D eigenvalue weighted by molar-refractivity contribution is 0.334. The molecular formula is C11H14N4. The van der Waals surface area contributed by atoms with E-state index in [-0.39, 0.29) is 0 Å². The van der Waals surface area contributed by atoms with Crippen LogP contribution in [-0.4, -0.2) is 30.5 Å². The van der Waals surface area contributed by atoms with Gasteiger partial charge in [-0.1, -0.05) is 30.3 Å². The highest BCUT2D eigenvalue weighted by Gasteiger charge is 2.26. The molecule has 0 radical (unpaired) electrons. The van der Waals surface area contributed by atoms with Crippen LogP contribution in [0.25, 0.3) is 0 Å². The van der Waals surface area contributed by atoms with E-state index >= 15 is 0 Å². The molecule has 0 saturated carbocycles. The zero-order chi connectivity index (χ0) is 10.1. The Morgan fingerprint density at radius 3 is 3.00 bits per heavy atom. The van der Waals surface area contributed by atoms with Crippen LogP contribution in [-0.2, 0) is 0 Å². The van der Waals surface area contributed by atoms with Crippen molar-refractivity contribution >= 4 is 5.84 Å². The smallest absolute Gasteiger partial charge is 0.140 e. The predicted molar refractivity (Wildman–Crippen MR) is 59.3 cm³/mol. The number of hydrogen-bond acceptors (Lipinski definition) is 4. The molecular weight excluding hydrogens is 188 g/mol. The van der Waals surface area contributed by atoms with Crippen LogP contribution in [0.5, 0.6) is 0 Å². The van der Waals surface area contributed by atoms with E-state index in [9.17, 15) is 0 Å². The van der Waals surface area contributed by atoms with Crippen LogP contribution in [0.3, 0.4) is 0 Å². The molecule has 0 aliphatic carbocycles. The Labute approximate surface area is 89.0 Å². The Morgan fingerprint density at radius 2 is 2.13 bits per heavy atom. The van der Waals surface area contributed by atoms with Crippen LogP contribution in [0.4, 0.5) is 0 Å². The van der Waals surface area contributed by atoms with Crippen molar-refractivity contribution in [3.8, 4) is 0 Å². The van der Waals surface area contributed by atoms with Gasteiger partial charge in [-0.2, -0.15) is 5.10 Å². The number of benzene rings is 1. The van der Waals surface area contributed by atoms with Crippen molar-refractivity contribution in [1.82, 2.24) is 15.6 Å². The third-order valence-corrected chi connectivity index (χ3v) is 2.95. The Hall–Kier alpha value is -1.55. The lowest BCUT2D eigenvalue weighted by Crippen LogP contribution is -2.48. The van der Waals surface area contributed by atoms with Crippen molar-refractivity contribution in [3.63, 3.8) is 0 Å². The van der Waals surface area contributed by atoms with Crippen LogP contribution >= 0.6 is 0 Å². The van der Waals surface area contributed by atoms with Gasteiger partial charge in [-0.25, -0.2) is 0 Å². The van der Waals surface area contributed by atoms with Gasteiger partial charge in [-0.05, 0) is 5.56 Å². The molecule has 2 aliphatic heterocycles. The molecule has 0 aromatic heterocycles. The minimum absolute atomic E-state index is 0.421. The minimum atomic E-state index is 0.421. The maximum absolute atomic E-state index is 4.22. The van der Waals surface area contributed by atoms with Crippen LogP contribution in [0.2, 0.25) is 0 Å². The fourth-order valence-corrected chi connectivity index (χ4v) is 2.10. The number of fused-ring (bicyclic) bond motifs is 1. The van der Waals surface area contributed by atoms with E-state index in [0.29, 0.717) is 6.04 Å². The number of piperazine rings is 1. The molecule has 3 rings (SSSR count). The molecule has 2 aliphatic rings. The molecule has 0 bridgehead atoms. The second-order valence-corrected chi connectivity index (χ2v) is 3.91. The summed E-state index contributed by atoms with van der Waals surface area (Å²) in [5.41, 5.74) is 4.36. The highest BCUT2D eigenvalue weighted by molar-refractivity contribution is 5.85. The number of rotatable bonds is 1. The van der Waals surface area contributed by atoms with E-state index in [1.165, 1.54) is 5.56 Å². The summed E-state index contributed by atoms with van der Waals surface area (Å²) in [5, 5.41) is 7.71. The number of amidine groups is 1. The molecule has 1 aromatic carbocycles. The molecule has 4 nitrogen and oxygen atoms in total. The molecule has 1 atom stereocenters. The molecule has 1 unspecified atom stereocenters. The van der Waals surface area contributed by atoms with Crippen LogP contribution < -0.4 is 10.7 Å². The molecule has 0 amide bonds. The summed E-state index contributed by atoms with van der Waals surface area (Å²) in [6.07, 6.45) is 0. The Bertz CT molecular complexity index is 373. The van der Waals surface area contributed by atoms with Gasteiger partial charge in [0.05, 0.1) is 12.6 Å². The molecule has 1 aromatic rings. The quantitative estimate of drug-likeness (QED) is 0.697. The summed E-state index contributed by atoms with van der Waals surface area (Å²) in [6.45, 7) is 2.70. The summed E-state index contributed by atoms with van der Waals surface area (Å²) >= 11 is 0. The van der Waals surface area contributed by atoms with Gasteiger partial charge < -0.3 is 10.2 Å². The second kappa shape index (κ2) is 3.55. The molecule has 1 saturated heterocycles. The first kappa shape index (κ1) is 8.73. The van der Waals surface area contributed by atoms with Gasteiger partial charge in [0.15, 0.2) is 0 Å². The highest BCUT2D eigenvalue weighted by atomic mass is 15.5. The number of nitrogens with one attached hydrogen (secondary N) is 2. The zero-order valence-corrected chi connectivity index (χ0v) is 8.48. The topological polar surface area (TPSA) is 39.7 Å². The van der Waals surface area contributed by atoms with E-state index in [0.717, 1.165) is 25.6 Å². The second-order valence-electron chi connectivity index (χ2n) is 3.91. The largest absolute Gasteiger partial charge is 0.337 e. The van der Waals surface area contributed by atoms with Gasteiger partial charge in [-0.3, -0.25) is 5.43 Å². The van der Waals surface area contributed by atoms with Crippen molar-refractivity contribution in [2.75, 3.05) is 19.8 Å². The molecule has 1 fully saturated rings. The van der Waals surface area contributed by atoms with E-state index in [1.54, 1.807) is 0 Å². The molecule has 4 heteroatoms. The molecule has 15 heavy (non-hydrogen) atoms. The minimum Gasteiger partial charge on any atom is -0.337 e. The SMILES string of the molecule is c1ccc(C2CN3CNN=C3CN2)cc1. The lowest BCUT2D eigenvalue weighted by Gasteiger charge is -2.32. The van der Waals surface area contributed by atoms with E-state index in [2.05, 4.69) is 51.1 Å². The third-order valence-electron chi connectivity index (χ3n) is 2.95. The van der Waals surface area contributed by atoms with Gasteiger partial charge in [0.1, 0.15) is 12.5 Å². The van der Waals surface area contributed by atoms with Crippen LogP contribution in [0, 0.1) is 0 Å². The Morgan fingerprint density at radius 1 is 1.27 bits per heavy atom. The third kappa shape index (κ3) is 1.57. The summed E-state index contributed by atoms with van der Waals surface area (Å²) in [5.74, 6) is 1.13. The average Bonchev–Trinajstić information content (AvgIpc) is 2.77. The fourth-order valence-electron chi connectivity index (χ4n) is 2.10. The van der Waals surface area contributed by atoms with E-state index < -0.39 is 0 Å². The average molecular weight is 202 g/mol. The first-order chi connectivity index (χ1) is 7.43. The van der Waals surface area contributed by atoms with Crippen molar-refractivity contribution in [3.05, 3.63) is 35.9 Å². The maximum atomic E-state index is 4.22. The van der Waals surface area contributed by atoms with Gasteiger partial charge in [0.2, 0.25) is 0 Å². The lowest BCUT2D eigenvalue weighted by atomic mass is 10.0. The molecule has 0 spiro atoms. The van der Waals surface area contributed by atoms with Gasteiger partial charge in [-0.15, -0.1) is 0 Å². The number of nitrogens with zero attached hydrogens (tertiary/aromatic N) is 2. The molecule has 2 heterocycles. The van der Waals surface area contributed by atoms with Gasteiger partial charge in [0.25, 0.3) is 0 Å². The summed E-state index contributed by atoms with van der Waals surface area (Å²) in [6, 6.07) is 11.0. The standard InChI is InChI=1S/C11H14N4/c1-2-4-9(5-3-1)10-7-15-8-13-14-11(15)6-12-10/h1-5,10,12-13H,6-8H2. The van der Waals surface area contributed by atoms with Crippen molar-refractivity contribution in [2.45, 2.75) is 6.04 Å². The molecule has 2 N–H and O–H groups in total. The predicted octanol–water partition coefficient (Wildman–Crippen LogP) is 0.507. The number of hydrazone groups is 1. The molecule has 78 valence electrons. The zero-order valence-electron chi connectivity index (χ0n) is 8.48. The van der Waals surface area contributed by atoms with E-state index in [1.807, 2.05) is 0 Å². The van der Waals surface area contributed by atoms with E-state index in [4.69, 9.17) is 0 Å². The summed E-state index contributed by atoms with van der Waals surface area (Å²) in [7, 11) is 0. The summed E-state index contributed by atoms with van der Waals surface area (Å²) < 4.78 is 0. The maximum Gasteiger partial charge on any atom is 0.140 e. The Kier molecular flexibility index (Phi) is 2.07. The fraction of sp³-hybridized carbons (Fsp3) is 0.364. The van der Waals surface area contributed by atoms with Crippen LogP contribution in [0.1, 0.15) is 11.6 Å². The first-order valence-electron chi connectivity index (χ1n) is 5.26. The normalized spacial score (nSPS) is 24.4.